The molecule has 8 rings (SSSR count). The predicted molar refractivity (Wildman–Crippen MR) is 215 cm³/mol. The SMILES string of the molecule is C=C(C)[C@@H]1CC[C@]2(NC(=O)CNC[C@]3(C)C4CC4CS3(=O)=O)CC[C@]3(C)[C@H](CCC4[C@@]5(C)CC=C(c6ccc(C(=O)OC)cc6)C(C)(C)C5CC[C@]43C)C12. The Balaban J connectivity index is 1.03. The summed E-state index contributed by atoms with van der Waals surface area (Å²) < 4.78 is 30.1. The van der Waals surface area contributed by atoms with Gasteiger partial charge in [-0.1, -0.05) is 65.0 Å². The molecule has 7 nitrogen and oxygen atoms in total. The summed E-state index contributed by atoms with van der Waals surface area (Å²) in [7, 11) is -1.71. The largest absolute Gasteiger partial charge is 0.465 e. The highest BCUT2D eigenvalue weighted by atomic mass is 32.2. The van der Waals surface area contributed by atoms with E-state index in [9.17, 15) is 18.0 Å². The lowest BCUT2D eigenvalue weighted by Crippen LogP contribution is -2.68. The van der Waals surface area contributed by atoms with Crippen LogP contribution in [-0.2, 0) is 19.4 Å². The van der Waals surface area contributed by atoms with Crippen molar-refractivity contribution in [3.05, 3.63) is 53.6 Å². The van der Waals surface area contributed by atoms with E-state index in [4.69, 9.17) is 4.74 Å². The van der Waals surface area contributed by atoms with E-state index < -0.39 is 14.6 Å². The van der Waals surface area contributed by atoms with E-state index in [1.54, 1.807) is 0 Å². The van der Waals surface area contributed by atoms with Crippen molar-refractivity contribution >= 4 is 27.3 Å². The molecule has 6 aliphatic carbocycles. The number of carbonyl (C=O) groups excluding carboxylic acids is 2. The first-order valence-corrected chi connectivity index (χ1v) is 22.7. The topological polar surface area (TPSA) is 102 Å². The van der Waals surface area contributed by atoms with Gasteiger partial charge in [-0.15, -0.1) is 0 Å². The molecule has 1 heterocycles. The van der Waals surface area contributed by atoms with Gasteiger partial charge in [-0.2, -0.15) is 0 Å². The van der Waals surface area contributed by atoms with Gasteiger partial charge in [-0.3, -0.25) is 4.79 Å². The highest BCUT2D eigenvalue weighted by Crippen LogP contribution is 2.76. The van der Waals surface area contributed by atoms with Gasteiger partial charge in [0, 0.05) is 12.1 Å². The molecule has 1 aromatic rings. The van der Waals surface area contributed by atoms with Gasteiger partial charge in [0.1, 0.15) is 0 Å². The number of esters is 1. The molecular formula is C46H66N2O5S. The zero-order valence-corrected chi connectivity index (χ0v) is 35.1. The van der Waals surface area contributed by atoms with Gasteiger partial charge < -0.3 is 15.4 Å². The molecule has 1 amide bonds. The van der Waals surface area contributed by atoms with Crippen LogP contribution in [0.5, 0.6) is 0 Å². The Labute approximate surface area is 325 Å². The molecule has 2 N–H and O–H groups in total. The number of carbonyl (C=O) groups is 2. The maximum absolute atomic E-state index is 13.9. The van der Waals surface area contributed by atoms with Crippen molar-refractivity contribution in [3.63, 3.8) is 0 Å². The van der Waals surface area contributed by atoms with Crippen LogP contribution in [0.2, 0.25) is 0 Å². The fourth-order valence-electron chi connectivity index (χ4n) is 15.2. The maximum Gasteiger partial charge on any atom is 0.337 e. The lowest BCUT2D eigenvalue weighted by Gasteiger charge is -2.72. The Morgan fingerprint density at radius 2 is 1.61 bits per heavy atom. The third-order valence-electron chi connectivity index (χ3n) is 18.3. The first-order chi connectivity index (χ1) is 25.3. The molecule has 1 saturated heterocycles. The first kappa shape index (κ1) is 38.4. The van der Waals surface area contributed by atoms with Crippen molar-refractivity contribution in [2.24, 2.45) is 63.1 Å². The summed E-state index contributed by atoms with van der Waals surface area (Å²) >= 11 is 0. The van der Waals surface area contributed by atoms with E-state index in [2.05, 4.69) is 77.0 Å². The van der Waals surface area contributed by atoms with Crippen molar-refractivity contribution in [1.29, 1.82) is 0 Å². The van der Waals surface area contributed by atoms with Gasteiger partial charge in [0.2, 0.25) is 5.91 Å². The van der Waals surface area contributed by atoms with Gasteiger partial charge in [0.15, 0.2) is 9.84 Å². The molecule has 0 bridgehead atoms. The molecule has 1 aliphatic heterocycles. The molecule has 296 valence electrons. The predicted octanol–water partition coefficient (Wildman–Crippen LogP) is 8.41. The Hall–Kier alpha value is -2.45. The van der Waals surface area contributed by atoms with E-state index in [0.29, 0.717) is 53.4 Å². The number of ether oxygens (including phenoxy) is 1. The van der Waals surface area contributed by atoms with Crippen molar-refractivity contribution in [3.8, 4) is 0 Å². The van der Waals surface area contributed by atoms with Gasteiger partial charge in [-0.05, 0) is 164 Å². The number of methoxy groups -OCH3 is 1. The monoisotopic (exact) mass is 758 g/mol. The zero-order chi connectivity index (χ0) is 38.9. The smallest absolute Gasteiger partial charge is 0.337 e. The summed E-state index contributed by atoms with van der Waals surface area (Å²) in [5.74, 6) is 3.01. The van der Waals surface area contributed by atoms with Crippen molar-refractivity contribution in [2.45, 2.75) is 123 Å². The maximum atomic E-state index is 13.9. The molecule has 7 aliphatic rings. The summed E-state index contributed by atoms with van der Waals surface area (Å²) in [6.07, 6.45) is 13.6. The van der Waals surface area contributed by atoms with Gasteiger partial charge in [0.05, 0.1) is 29.7 Å². The number of allylic oxidation sites excluding steroid dienone is 3. The molecule has 5 unspecified atom stereocenters. The molecule has 1 aromatic carbocycles. The molecule has 0 radical (unpaired) electrons. The molecule has 8 heteroatoms. The molecule has 6 fully saturated rings. The minimum absolute atomic E-state index is 0.00483. The van der Waals surface area contributed by atoms with Crippen LogP contribution in [0.15, 0.2) is 42.5 Å². The molecular weight excluding hydrogens is 693 g/mol. The van der Waals surface area contributed by atoms with Crippen LogP contribution in [0, 0.1) is 63.1 Å². The Bertz CT molecular complexity index is 1890. The van der Waals surface area contributed by atoms with Crippen LogP contribution in [-0.4, -0.2) is 56.5 Å². The summed E-state index contributed by atoms with van der Waals surface area (Å²) in [5, 5.41) is 6.98. The van der Waals surface area contributed by atoms with Crippen LogP contribution >= 0.6 is 0 Å². The second kappa shape index (κ2) is 12.5. The van der Waals surface area contributed by atoms with Crippen molar-refractivity contribution in [2.75, 3.05) is 26.0 Å². The van der Waals surface area contributed by atoms with Crippen LogP contribution in [0.1, 0.15) is 129 Å². The lowest BCUT2D eigenvalue weighted by atomic mass is 9.33. The quantitative estimate of drug-likeness (QED) is 0.204. The second-order valence-electron chi connectivity index (χ2n) is 20.8. The summed E-state index contributed by atoms with van der Waals surface area (Å²) in [4.78, 5) is 26.0. The number of sulfone groups is 1. The average molecular weight is 759 g/mol. The minimum atomic E-state index is -3.14. The van der Waals surface area contributed by atoms with Crippen molar-refractivity contribution < 1.29 is 22.7 Å². The normalized spacial score (nSPS) is 45.0. The number of nitrogens with one attached hydrogen (secondary N) is 2. The molecule has 0 spiro atoms. The van der Waals surface area contributed by atoms with Gasteiger partial charge in [0.25, 0.3) is 0 Å². The summed E-state index contributed by atoms with van der Waals surface area (Å²) in [5.41, 5.74) is 4.74. The number of amides is 1. The molecule has 54 heavy (non-hydrogen) atoms. The first-order valence-electron chi connectivity index (χ1n) is 21.1. The van der Waals surface area contributed by atoms with E-state index >= 15 is 0 Å². The summed E-state index contributed by atoms with van der Waals surface area (Å²) in [6, 6.07) is 8.01. The number of hydrogen-bond acceptors (Lipinski definition) is 6. The number of fused-ring (bicyclic) bond motifs is 8. The molecule has 0 aromatic heterocycles. The Kier molecular flexibility index (Phi) is 8.91. The van der Waals surface area contributed by atoms with E-state index in [1.165, 1.54) is 49.5 Å². The lowest BCUT2D eigenvalue weighted by molar-refractivity contribution is -0.219. The number of benzene rings is 1. The summed E-state index contributed by atoms with van der Waals surface area (Å²) in [6.45, 7) is 22.0. The number of rotatable bonds is 8. The fraction of sp³-hybridized carbons (Fsp3) is 0.739. The van der Waals surface area contributed by atoms with Crippen LogP contribution in [0.3, 0.4) is 0 Å². The fourth-order valence-corrected chi connectivity index (χ4v) is 17.6. The minimum Gasteiger partial charge on any atom is -0.465 e. The highest BCUT2D eigenvalue weighted by Gasteiger charge is 2.71. The molecule has 5 saturated carbocycles. The number of hydrogen-bond donors (Lipinski definition) is 2. The van der Waals surface area contributed by atoms with Crippen molar-refractivity contribution in [1.82, 2.24) is 10.6 Å². The third-order valence-corrected chi connectivity index (χ3v) is 21.0. The van der Waals surface area contributed by atoms with Crippen LogP contribution < -0.4 is 10.6 Å². The molecule has 12 atom stereocenters. The third kappa shape index (κ3) is 5.29. The van der Waals surface area contributed by atoms with Gasteiger partial charge >= 0.3 is 5.97 Å². The van der Waals surface area contributed by atoms with E-state index in [-0.39, 0.29) is 51.5 Å². The van der Waals surface area contributed by atoms with E-state index in [0.717, 1.165) is 38.5 Å². The standard InChI is InChI=1S/C46H66N2O5S/c1-28(2)32-16-21-46(48-38(49)25-47-27-45(8)35-24-31(35)26-54(45,51)52)23-22-43(6)34(39(32)46)14-15-37-42(5)19-17-33(29-10-12-30(13-11-29)40(50)53-9)41(3,4)36(42)18-20-44(37,43)7/h10-13,17,31-32,34-37,39,47H,1,14-16,18-27H2,2-9H3,(H,48,49)/t31?,32-,34+,35?,36?,37?,39?,42-,43+,44+,45+,46-/m0/s1. The average Bonchev–Trinajstić information content (AvgIpc) is 3.71. The Morgan fingerprint density at radius 3 is 2.26 bits per heavy atom. The highest BCUT2D eigenvalue weighted by molar-refractivity contribution is 7.93. The Morgan fingerprint density at radius 1 is 0.889 bits per heavy atom. The van der Waals surface area contributed by atoms with E-state index in [1.807, 2.05) is 19.1 Å². The second-order valence-corrected chi connectivity index (χ2v) is 23.3. The van der Waals surface area contributed by atoms with Gasteiger partial charge in [-0.25, -0.2) is 13.2 Å². The van der Waals surface area contributed by atoms with Crippen LogP contribution in [0.25, 0.3) is 5.57 Å². The zero-order valence-electron chi connectivity index (χ0n) is 34.3. The van der Waals surface area contributed by atoms with Crippen LogP contribution in [0.4, 0.5) is 0 Å².